The number of rotatable bonds is 6. The Morgan fingerprint density at radius 1 is 1.33 bits per heavy atom. The minimum absolute atomic E-state index is 0.0860. The first-order valence-corrected chi connectivity index (χ1v) is 7.73. The molecule has 0 radical (unpaired) electrons. The summed E-state index contributed by atoms with van der Waals surface area (Å²) in [7, 11) is 1.47. The molecule has 0 saturated carbocycles. The lowest BCUT2D eigenvalue weighted by Crippen LogP contribution is -2.56. The van der Waals surface area contributed by atoms with Crippen molar-refractivity contribution in [3.05, 3.63) is 35.6 Å². The molecule has 1 heterocycles. The molecule has 2 rings (SSSR count). The van der Waals surface area contributed by atoms with E-state index in [1.807, 2.05) is 0 Å². The van der Waals surface area contributed by atoms with E-state index in [1.165, 1.54) is 13.1 Å². The lowest BCUT2D eigenvalue weighted by molar-refractivity contribution is -0.134. The predicted octanol–water partition coefficient (Wildman–Crippen LogP) is -0.622. The van der Waals surface area contributed by atoms with E-state index < -0.39 is 11.9 Å². The van der Waals surface area contributed by atoms with Gasteiger partial charge in [0.15, 0.2) is 0 Å². The molecule has 0 unspecified atom stereocenters. The summed E-state index contributed by atoms with van der Waals surface area (Å²) < 4.78 is 13.8. The fraction of sp³-hybridized carbons (Fsp3) is 0.438. The lowest BCUT2D eigenvalue weighted by Gasteiger charge is -2.34. The molecule has 1 aliphatic rings. The van der Waals surface area contributed by atoms with Crippen LogP contribution in [0.15, 0.2) is 24.3 Å². The fourth-order valence-electron chi connectivity index (χ4n) is 2.53. The van der Waals surface area contributed by atoms with Crippen molar-refractivity contribution >= 4 is 17.7 Å². The van der Waals surface area contributed by atoms with E-state index in [9.17, 15) is 18.8 Å². The first kappa shape index (κ1) is 17.9. The van der Waals surface area contributed by atoms with Crippen molar-refractivity contribution in [3.63, 3.8) is 0 Å². The van der Waals surface area contributed by atoms with Gasteiger partial charge in [-0.25, -0.2) is 4.39 Å². The van der Waals surface area contributed by atoms with Crippen LogP contribution in [0.25, 0.3) is 0 Å². The van der Waals surface area contributed by atoms with Crippen molar-refractivity contribution in [2.75, 3.05) is 26.7 Å². The van der Waals surface area contributed by atoms with Gasteiger partial charge in [0, 0.05) is 32.2 Å². The smallest absolute Gasteiger partial charge is 0.239 e. The third kappa shape index (κ3) is 4.76. The van der Waals surface area contributed by atoms with Gasteiger partial charge >= 0.3 is 0 Å². The molecule has 1 aliphatic heterocycles. The number of hydrogen-bond donors (Lipinski definition) is 3. The zero-order chi connectivity index (χ0) is 17.5. The maximum absolute atomic E-state index is 13.8. The normalized spacial score (nSPS) is 17.9. The molecule has 1 aromatic rings. The molecular weight excluding hydrogens is 315 g/mol. The van der Waals surface area contributed by atoms with Gasteiger partial charge in [-0.1, -0.05) is 18.2 Å². The van der Waals surface area contributed by atoms with Gasteiger partial charge in [0.2, 0.25) is 17.7 Å². The summed E-state index contributed by atoms with van der Waals surface area (Å²) in [5.74, 6) is -1.34. The molecular formula is C16H21FN4O3. The molecule has 1 aromatic carbocycles. The number of likely N-dealkylation sites (N-methyl/N-ethyl adjacent to an activating group) is 1. The monoisotopic (exact) mass is 336 g/mol. The van der Waals surface area contributed by atoms with Crippen LogP contribution < -0.4 is 16.0 Å². The maximum atomic E-state index is 13.8. The highest BCUT2D eigenvalue weighted by Crippen LogP contribution is 2.16. The van der Waals surface area contributed by atoms with Crippen LogP contribution in [0, 0.1) is 5.82 Å². The molecule has 130 valence electrons. The van der Waals surface area contributed by atoms with Gasteiger partial charge in [0.05, 0.1) is 19.0 Å². The Labute approximate surface area is 139 Å². The highest BCUT2D eigenvalue weighted by molar-refractivity contribution is 5.90. The molecule has 0 spiro atoms. The summed E-state index contributed by atoms with van der Waals surface area (Å²) >= 11 is 0. The van der Waals surface area contributed by atoms with Crippen LogP contribution in [0.5, 0.6) is 0 Å². The molecule has 3 amide bonds. The first-order valence-electron chi connectivity index (χ1n) is 7.73. The summed E-state index contributed by atoms with van der Waals surface area (Å²) in [6.07, 6.45) is -0.0860. The highest BCUT2D eigenvalue weighted by atomic mass is 19.1. The number of nitrogens with one attached hydrogen (secondary N) is 3. The Morgan fingerprint density at radius 3 is 2.79 bits per heavy atom. The van der Waals surface area contributed by atoms with Crippen LogP contribution in [0.1, 0.15) is 12.0 Å². The zero-order valence-corrected chi connectivity index (χ0v) is 13.5. The molecule has 0 aliphatic carbocycles. The first-order chi connectivity index (χ1) is 11.5. The van der Waals surface area contributed by atoms with Crippen molar-refractivity contribution in [1.29, 1.82) is 0 Å². The van der Waals surface area contributed by atoms with E-state index in [1.54, 1.807) is 23.1 Å². The van der Waals surface area contributed by atoms with Gasteiger partial charge in [-0.15, -0.1) is 0 Å². The number of piperazine rings is 1. The van der Waals surface area contributed by atoms with E-state index in [-0.39, 0.29) is 37.1 Å². The SMILES string of the molecule is CNC(=O)CNC(=O)C[C@@H]1C(=O)NCCN1Cc1ccccc1F. The van der Waals surface area contributed by atoms with Gasteiger partial charge in [-0.3, -0.25) is 19.3 Å². The van der Waals surface area contributed by atoms with E-state index in [0.29, 0.717) is 18.7 Å². The van der Waals surface area contributed by atoms with E-state index in [0.717, 1.165) is 0 Å². The largest absolute Gasteiger partial charge is 0.358 e. The Balaban J connectivity index is 2.01. The average molecular weight is 336 g/mol. The third-order valence-electron chi connectivity index (χ3n) is 3.88. The number of carbonyl (C=O) groups is 3. The average Bonchev–Trinajstić information content (AvgIpc) is 2.57. The Bertz CT molecular complexity index is 623. The van der Waals surface area contributed by atoms with Crippen molar-refractivity contribution in [2.24, 2.45) is 0 Å². The summed E-state index contributed by atoms with van der Waals surface area (Å²) in [6, 6.07) is 5.66. The van der Waals surface area contributed by atoms with Gasteiger partial charge in [-0.2, -0.15) is 0 Å². The van der Waals surface area contributed by atoms with E-state index in [2.05, 4.69) is 16.0 Å². The van der Waals surface area contributed by atoms with Gasteiger partial charge in [0.1, 0.15) is 5.82 Å². The fourth-order valence-corrected chi connectivity index (χ4v) is 2.53. The Morgan fingerprint density at radius 2 is 2.08 bits per heavy atom. The van der Waals surface area contributed by atoms with Gasteiger partial charge in [-0.05, 0) is 6.07 Å². The molecule has 1 atom stereocenters. The van der Waals surface area contributed by atoms with Crippen molar-refractivity contribution in [2.45, 2.75) is 19.0 Å². The third-order valence-corrected chi connectivity index (χ3v) is 3.88. The second kappa shape index (κ2) is 8.39. The molecule has 8 heteroatoms. The standard InChI is InChI=1S/C16H21FN4O3/c1-18-15(23)9-20-14(22)8-13-16(24)19-6-7-21(13)10-11-4-2-3-5-12(11)17/h2-5,13H,6-10H2,1H3,(H,18,23)(H,19,24)(H,20,22)/t13-/m1/s1. The number of hydrogen-bond acceptors (Lipinski definition) is 4. The van der Waals surface area contributed by atoms with Crippen molar-refractivity contribution in [1.82, 2.24) is 20.9 Å². The minimum atomic E-state index is -0.692. The Kier molecular flexibility index (Phi) is 6.25. The van der Waals surface area contributed by atoms with Gasteiger partial charge in [0.25, 0.3) is 0 Å². The Hall–Kier alpha value is -2.48. The van der Waals surface area contributed by atoms with Crippen LogP contribution in [0.4, 0.5) is 4.39 Å². The van der Waals surface area contributed by atoms with Crippen LogP contribution in [0.2, 0.25) is 0 Å². The van der Waals surface area contributed by atoms with Crippen LogP contribution in [-0.4, -0.2) is 55.3 Å². The molecule has 1 saturated heterocycles. The predicted molar refractivity (Wildman–Crippen MR) is 85.3 cm³/mol. The number of nitrogens with zero attached hydrogens (tertiary/aromatic N) is 1. The lowest BCUT2D eigenvalue weighted by atomic mass is 10.1. The molecule has 7 nitrogen and oxygen atoms in total. The van der Waals surface area contributed by atoms with Crippen molar-refractivity contribution in [3.8, 4) is 0 Å². The number of amides is 3. The maximum Gasteiger partial charge on any atom is 0.239 e. The zero-order valence-electron chi connectivity index (χ0n) is 13.5. The molecule has 0 aromatic heterocycles. The highest BCUT2D eigenvalue weighted by Gasteiger charge is 2.31. The minimum Gasteiger partial charge on any atom is -0.358 e. The van der Waals surface area contributed by atoms with Gasteiger partial charge < -0.3 is 16.0 Å². The van der Waals surface area contributed by atoms with Crippen LogP contribution >= 0.6 is 0 Å². The number of halogens is 1. The molecule has 1 fully saturated rings. The topological polar surface area (TPSA) is 90.5 Å². The molecule has 3 N–H and O–H groups in total. The summed E-state index contributed by atoms with van der Waals surface area (Å²) in [5.41, 5.74) is 0.475. The second-order valence-corrected chi connectivity index (χ2v) is 5.52. The number of benzene rings is 1. The summed E-state index contributed by atoms with van der Waals surface area (Å²) in [6.45, 7) is 1.07. The molecule has 0 bridgehead atoms. The van der Waals surface area contributed by atoms with E-state index >= 15 is 0 Å². The summed E-state index contributed by atoms with van der Waals surface area (Å²) in [5, 5.41) is 7.57. The second-order valence-electron chi connectivity index (χ2n) is 5.52. The van der Waals surface area contributed by atoms with Crippen LogP contribution in [-0.2, 0) is 20.9 Å². The number of carbonyl (C=O) groups excluding carboxylic acids is 3. The van der Waals surface area contributed by atoms with Crippen LogP contribution in [0.3, 0.4) is 0 Å². The summed E-state index contributed by atoms with van der Waals surface area (Å²) in [4.78, 5) is 37.0. The molecule has 24 heavy (non-hydrogen) atoms. The van der Waals surface area contributed by atoms with E-state index in [4.69, 9.17) is 0 Å². The van der Waals surface area contributed by atoms with Crippen molar-refractivity contribution < 1.29 is 18.8 Å². The quantitative estimate of drug-likeness (QED) is 0.646.